The average Bonchev–Trinajstić information content (AvgIpc) is 2.56. The van der Waals surface area contributed by atoms with Crippen molar-refractivity contribution in [1.82, 2.24) is 9.88 Å². The highest BCUT2D eigenvalue weighted by molar-refractivity contribution is 9.10. The number of hydrogen-bond acceptors (Lipinski definition) is 3. The van der Waals surface area contributed by atoms with Crippen molar-refractivity contribution in [3.8, 4) is 0 Å². The molecule has 22 heavy (non-hydrogen) atoms. The summed E-state index contributed by atoms with van der Waals surface area (Å²) in [6.45, 7) is 5.43. The van der Waals surface area contributed by atoms with Crippen molar-refractivity contribution in [3.05, 3.63) is 58.7 Å². The van der Waals surface area contributed by atoms with E-state index in [4.69, 9.17) is 0 Å². The molecule has 3 nitrogen and oxygen atoms in total. The van der Waals surface area contributed by atoms with Gasteiger partial charge in [-0.05, 0) is 47.5 Å². The predicted molar refractivity (Wildman–Crippen MR) is 94.9 cm³/mol. The maximum absolute atomic E-state index is 12.9. The monoisotopic (exact) mass is 378 g/mol. The zero-order valence-corrected chi connectivity index (χ0v) is 15.1. The molecule has 1 heterocycles. The van der Waals surface area contributed by atoms with Gasteiger partial charge in [-0.25, -0.2) is 4.98 Å². The largest absolute Gasteiger partial charge is 0.342 e. The summed E-state index contributed by atoms with van der Waals surface area (Å²) in [5.74, 6) is 0.124. The molecule has 1 unspecified atom stereocenters. The van der Waals surface area contributed by atoms with Gasteiger partial charge in [0.15, 0.2) is 0 Å². The van der Waals surface area contributed by atoms with Crippen LogP contribution in [-0.4, -0.2) is 28.9 Å². The second kappa shape index (κ2) is 8.34. The van der Waals surface area contributed by atoms with Crippen molar-refractivity contribution in [3.63, 3.8) is 0 Å². The molecule has 0 aliphatic heterocycles. The number of benzene rings is 1. The van der Waals surface area contributed by atoms with Crippen LogP contribution in [0.2, 0.25) is 0 Å². The lowest BCUT2D eigenvalue weighted by molar-refractivity contribution is -0.130. The first-order chi connectivity index (χ1) is 10.7. The summed E-state index contributed by atoms with van der Waals surface area (Å²) in [4.78, 5) is 19.1. The molecule has 2 aromatic rings. The normalized spacial score (nSPS) is 12.0. The van der Waals surface area contributed by atoms with Gasteiger partial charge in [0.25, 0.3) is 0 Å². The number of nitrogens with zero attached hydrogens (tertiary/aromatic N) is 2. The van der Waals surface area contributed by atoms with Crippen molar-refractivity contribution in [2.75, 3.05) is 13.1 Å². The fourth-order valence-corrected chi connectivity index (χ4v) is 3.76. The van der Waals surface area contributed by atoms with Crippen LogP contribution in [0.25, 0.3) is 0 Å². The van der Waals surface area contributed by atoms with E-state index in [0.717, 1.165) is 15.1 Å². The summed E-state index contributed by atoms with van der Waals surface area (Å²) in [6, 6.07) is 13.7. The first-order valence-corrected chi connectivity index (χ1v) is 8.95. The van der Waals surface area contributed by atoms with E-state index in [1.165, 1.54) is 11.8 Å². The molecule has 0 spiro atoms. The molecule has 0 radical (unpaired) electrons. The number of aromatic nitrogens is 1. The Morgan fingerprint density at radius 1 is 1.18 bits per heavy atom. The number of amides is 1. The maximum atomic E-state index is 12.9. The number of hydrogen-bond donors (Lipinski definition) is 0. The van der Waals surface area contributed by atoms with Crippen molar-refractivity contribution in [1.29, 1.82) is 0 Å². The van der Waals surface area contributed by atoms with Crippen molar-refractivity contribution in [2.24, 2.45) is 0 Å². The minimum absolute atomic E-state index is 0.124. The predicted octanol–water partition coefficient (Wildman–Crippen LogP) is 4.55. The topological polar surface area (TPSA) is 33.2 Å². The van der Waals surface area contributed by atoms with E-state index in [0.29, 0.717) is 13.1 Å². The summed E-state index contributed by atoms with van der Waals surface area (Å²) in [7, 11) is 0. The number of halogens is 1. The minimum Gasteiger partial charge on any atom is -0.342 e. The van der Waals surface area contributed by atoms with Gasteiger partial charge in [0, 0.05) is 23.8 Å². The van der Waals surface area contributed by atoms with E-state index in [9.17, 15) is 4.79 Å². The highest BCUT2D eigenvalue weighted by Crippen LogP contribution is 2.38. The van der Waals surface area contributed by atoms with Crippen LogP contribution in [0.1, 0.15) is 24.7 Å². The summed E-state index contributed by atoms with van der Waals surface area (Å²) in [5, 5.41) is 0.546. The Labute approximate surface area is 144 Å². The molecule has 1 aromatic heterocycles. The molecule has 1 atom stereocenters. The Balaban J connectivity index is 2.34. The van der Waals surface area contributed by atoms with Gasteiger partial charge < -0.3 is 4.90 Å². The first kappa shape index (κ1) is 17.0. The third-order valence-electron chi connectivity index (χ3n) is 3.36. The molecular formula is C17H19BrN2OS. The van der Waals surface area contributed by atoms with Crippen LogP contribution < -0.4 is 0 Å². The summed E-state index contributed by atoms with van der Waals surface area (Å²) in [5.41, 5.74) is 1.00. The third-order valence-corrected chi connectivity index (χ3v) is 5.52. The highest BCUT2D eigenvalue weighted by Gasteiger charge is 2.26. The van der Waals surface area contributed by atoms with E-state index in [1.807, 2.05) is 61.2 Å². The molecule has 1 aromatic carbocycles. The second-order valence-corrected chi connectivity index (χ2v) is 6.66. The number of pyridine rings is 1. The van der Waals surface area contributed by atoms with Gasteiger partial charge in [0.05, 0.1) is 0 Å². The summed E-state index contributed by atoms with van der Waals surface area (Å²) in [6.07, 6.45) is 1.75. The van der Waals surface area contributed by atoms with Crippen molar-refractivity contribution >= 4 is 33.6 Å². The third kappa shape index (κ3) is 4.11. The molecule has 2 rings (SSSR count). The van der Waals surface area contributed by atoms with Gasteiger partial charge in [-0.15, -0.1) is 0 Å². The number of likely N-dealkylation sites (N-methyl/N-ethyl adjacent to an activating group) is 1. The molecular weight excluding hydrogens is 360 g/mol. The lowest BCUT2D eigenvalue weighted by Gasteiger charge is -2.25. The molecule has 0 bridgehead atoms. The van der Waals surface area contributed by atoms with E-state index in [2.05, 4.69) is 20.9 Å². The Bertz CT molecular complexity index is 617. The number of carbonyl (C=O) groups excluding carboxylic acids is 1. The van der Waals surface area contributed by atoms with E-state index in [1.54, 1.807) is 6.20 Å². The van der Waals surface area contributed by atoms with Gasteiger partial charge in [0.1, 0.15) is 10.3 Å². The molecule has 0 aliphatic rings. The second-order valence-electron chi connectivity index (χ2n) is 4.71. The van der Waals surface area contributed by atoms with E-state index in [-0.39, 0.29) is 11.2 Å². The van der Waals surface area contributed by atoms with Crippen LogP contribution in [0.4, 0.5) is 0 Å². The van der Waals surface area contributed by atoms with E-state index < -0.39 is 0 Å². The smallest absolute Gasteiger partial charge is 0.240 e. The van der Waals surface area contributed by atoms with Crippen LogP contribution in [-0.2, 0) is 4.79 Å². The Morgan fingerprint density at radius 3 is 2.45 bits per heavy atom. The van der Waals surface area contributed by atoms with Gasteiger partial charge in [0.2, 0.25) is 5.91 Å². The molecule has 0 fully saturated rings. The standard InChI is InChI=1S/C17H19BrN2OS/c1-3-20(4-2)17(21)15(13-9-6-5-7-10-13)22-16-14(18)11-8-12-19-16/h5-12,15H,3-4H2,1-2H3. The van der Waals surface area contributed by atoms with E-state index >= 15 is 0 Å². The quantitative estimate of drug-likeness (QED) is 0.691. The number of thioether (sulfide) groups is 1. The van der Waals surface area contributed by atoms with Crippen molar-refractivity contribution < 1.29 is 4.79 Å². The van der Waals surface area contributed by atoms with Crippen LogP contribution >= 0.6 is 27.7 Å². The Hall–Kier alpha value is -1.33. The SMILES string of the molecule is CCN(CC)C(=O)C(Sc1ncccc1Br)c1ccccc1. The molecule has 0 N–H and O–H groups in total. The Morgan fingerprint density at radius 2 is 1.86 bits per heavy atom. The van der Waals surface area contributed by atoms with Crippen LogP contribution in [0.15, 0.2) is 58.2 Å². The fraction of sp³-hybridized carbons (Fsp3) is 0.294. The summed E-state index contributed by atoms with van der Waals surface area (Å²) >= 11 is 5.00. The lowest BCUT2D eigenvalue weighted by Crippen LogP contribution is -2.33. The fourth-order valence-electron chi connectivity index (χ4n) is 2.16. The van der Waals surface area contributed by atoms with Gasteiger partial charge in [-0.3, -0.25) is 4.79 Å². The molecule has 5 heteroatoms. The number of rotatable bonds is 6. The lowest BCUT2D eigenvalue weighted by atomic mass is 10.1. The minimum atomic E-state index is -0.285. The van der Waals surface area contributed by atoms with Gasteiger partial charge in [-0.2, -0.15) is 0 Å². The van der Waals surface area contributed by atoms with Gasteiger partial charge in [-0.1, -0.05) is 42.1 Å². The molecule has 116 valence electrons. The number of carbonyl (C=O) groups is 1. The molecule has 0 saturated heterocycles. The molecule has 1 amide bonds. The zero-order valence-electron chi connectivity index (χ0n) is 12.7. The van der Waals surface area contributed by atoms with Gasteiger partial charge >= 0.3 is 0 Å². The highest BCUT2D eigenvalue weighted by atomic mass is 79.9. The summed E-state index contributed by atoms with van der Waals surface area (Å²) < 4.78 is 0.910. The average molecular weight is 379 g/mol. The van der Waals surface area contributed by atoms with Crippen molar-refractivity contribution in [2.45, 2.75) is 24.1 Å². The Kier molecular flexibility index (Phi) is 6.46. The first-order valence-electron chi connectivity index (χ1n) is 7.28. The van der Waals surface area contributed by atoms with Crippen LogP contribution in [0.5, 0.6) is 0 Å². The van der Waals surface area contributed by atoms with Crippen LogP contribution in [0, 0.1) is 0 Å². The van der Waals surface area contributed by atoms with Crippen LogP contribution in [0.3, 0.4) is 0 Å². The zero-order chi connectivity index (χ0) is 15.9. The maximum Gasteiger partial charge on any atom is 0.240 e. The molecule has 0 saturated carbocycles. The molecule has 0 aliphatic carbocycles.